The zero-order valence-corrected chi connectivity index (χ0v) is 13.4. The van der Waals surface area contributed by atoms with Crippen molar-refractivity contribution >= 4 is 28.8 Å². The summed E-state index contributed by atoms with van der Waals surface area (Å²) < 4.78 is 0.749. The number of anilines is 1. The van der Waals surface area contributed by atoms with Gasteiger partial charge in [-0.05, 0) is 29.2 Å². The molecule has 0 spiro atoms. The lowest BCUT2D eigenvalue weighted by molar-refractivity contribution is 0.867. The number of benzene rings is 1. The number of aromatic amines is 1. The molecule has 21 heavy (non-hydrogen) atoms. The maximum atomic E-state index is 6.04. The number of hydrogen-bond donors (Lipinski definition) is 2. The summed E-state index contributed by atoms with van der Waals surface area (Å²) in [6, 6.07) is 12.3. The molecule has 5 heteroatoms. The summed E-state index contributed by atoms with van der Waals surface area (Å²) in [5.41, 5.74) is 10.3. The summed E-state index contributed by atoms with van der Waals surface area (Å²) in [5, 5.41) is 7.17. The highest BCUT2D eigenvalue weighted by atomic mass is 35.5. The summed E-state index contributed by atoms with van der Waals surface area (Å²) in [5.74, 6) is 1.02. The number of nitrogens with one attached hydrogen (secondary N) is 1. The first-order valence-corrected chi connectivity index (χ1v) is 7.95. The second-order valence-electron chi connectivity index (χ2n) is 5.24. The maximum Gasteiger partial charge on any atom is 0.153 e. The normalized spacial score (nSPS) is 11.2. The van der Waals surface area contributed by atoms with E-state index in [0.717, 1.165) is 26.0 Å². The molecule has 1 aromatic carbocycles. The predicted molar refractivity (Wildman–Crippen MR) is 90.8 cm³/mol. The molecule has 0 saturated carbocycles. The van der Waals surface area contributed by atoms with E-state index in [1.807, 2.05) is 12.1 Å². The van der Waals surface area contributed by atoms with Gasteiger partial charge >= 0.3 is 0 Å². The van der Waals surface area contributed by atoms with Crippen LogP contribution in [0.5, 0.6) is 0 Å². The minimum Gasteiger partial charge on any atom is -0.382 e. The Balaban J connectivity index is 2.08. The number of aromatic nitrogens is 2. The van der Waals surface area contributed by atoms with Gasteiger partial charge in [-0.3, -0.25) is 5.10 Å². The third-order valence-electron chi connectivity index (χ3n) is 3.48. The van der Waals surface area contributed by atoms with Crippen LogP contribution >= 0.6 is 22.9 Å². The SMILES string of the molecule is CC(C)c1ccc(-c2c(N)n[nH]c2-c2ccc(Cl)s2)cc1. The van der Waals surface area contributed by atoms with E-state index in [4.69, 9.17) is 17.3 Å². The maximum absolute atomic E-state index is 6.04. The number of nitrogens with two attached hydrogens (primary N) is 1. The Labute approximate surface area is 132 Å². The molecule has 0 radical (unpaired) electrons. The Kier molecular flexibility index (Phi) is 3.74. The van der Waals surface area contributed by atoms with Crippen LogP contribution in [0.15, 0.2) is 36.4 Å². The molecule has 2 heterocycles. The largest absolute Gasteiger partial charge is 0.382 e. The first kappa shape index (κ1) is 14.2. The lowest BCUT2D eigenvalue weighted by Gasteiger charge is -2.07. The van der Waals surface area contributed by atoms with Crippen LogP contribution in [0, 0.1) is 0 Å². The number of halogens is 1. The number of hydrogen-bond acceptors (Lipinski definition) is 3. The van der Waals surface area contributed by atoms with Crippen LogP contribution in [0.3, 0.4) is 0 Å². The minimum atomic E-state index is 0.506. The molecule has 3 rings (SSSR count). The zero-order chi connectivity index (χ0) is 15.0. The van der Waals surface area contributed by atoms with Gasteiger partial charge in [0.2, 0.25) is 0 Å². The van der Waals surface area contributed by atoms with Crippen molar-refractivity contribution in [1.82, 2.24) is 10.2 Å². The minimum absolute atomic E-state index is 0.506. The second kappa shape index (κ2) is 5.54. The zero-order valence-electron chi connectivity index (χ0n) is 11.9. The van der Waals surface area contributed by atoms with E-state index in [0.29, 0.717) is 11.7 Å². The van der Waals surface area contributed by atoms with Gasteiger partial charge in [-0.2, -0.15) is 5.10 Å². The molecule has 0 aliphatic heterocycles. The van der Waals surface area contributed by atoms with Crippen LogP contribution in [-0.2, 0) is 0 Å². The average Bonchev–Trinajstić information content (AvgIpc) is 3.05. The van der Waals surface area contributed by atoms with Crippen LogP contribution in [0.25, 0.3) is 21.7 Å². The number of nitrogen functional groups attached to an aromatic ring is 1. The molecule has 0 amide bonds. The van der Waals surface area contributed by atoms with Crippen LogP contribution in [0.4, 0.5) is 5.82 Å². The van der Waals surface area contributed by atoms with Crippen molar-refractivity contribution in [3.05, 3.63) is 46.3 Å². The van der Waals surface area contributed by atoms with E-state index < -0.39 is 0 Å². The van der Waals surface area contributed by atoms with Crippen molar-refractivity contribution in [2.45, 2.75) is 19.8 Å². The third kappa shape index (κ3) is 2.69. The van der Waals surface area contributed by atoms with Crippen molar-refractivity contribution in [3.63, 3.8) is 0 Å². The van der Waals surface area contributed by atoms with Crippen molar-refractivity contribution in [3.8, 4) is 21.7 Å². The van der Waals surface area contributed by atoms with Crippen LogP contribution in [0.1, 0.15) is 25.3 Å². The number of rotatable bonds is 3. The molecule has 3 aromatic rings. The van der Waals surface area contributed by atoms with Crippen molar-refractivity contribution in [2.24, 2.45) is 0 Å². The molecule has 0 aliphatic rings. The van der Waals surface area contributed by atoms with Gasteiger partial charge in [0.15, 0.2) is 5.82 Å². The van der Waals surface area contributed by atoms with Crippen molar-refractivity contribution in [1.29, 1.82) is 0 Å². The highest BCUT2D eigenvalue weighted by Gasteiger charge is 2.16. The standard InChI is InChI=1S/C16H16ClN3S/c1-9(2)10-3-5-11(6-4-10)14-15(19-20-16(14)18)12-7-8-13(17)21-12/h3-9H,1-2H3,(H3,18,19,20). The molecule has 2 aromatic heterocycles. The molecule has 0 unspecified atom stereocenters. The fourth-order valence-electron chi connectivity index (χ4n) is 2.31. The fourth-order valence-corrected chi connectivity index (χ4v) is 3.35. The average molecular weight is 318 g/mol. The first-order chi connectivity index (χ1) is 10.1. The molecule has 0 bridgehead atoms. The fraction of sp³-hybridized carbons (Fsp3) is 0.188. The summed E-state index contributed by atoms with van der Waals surface area (Å²) in [7, 11) is 0. The van der Waals surface area contributed by atoms with Crippen molar-refractivity contribution < 1.29 is 0 Å². The number of H-pyrrole nitrogens is 1. The number of nitrogens with zero attached hydrogens (tertiary/aromatic N) is 1. The Hall–Kier alpha value is -1.78. The molecule has 0 saturated heterocycles. The topological polar surface area (TPSA) is 54.7 Å². The highest BCUT2D eigenvalue weighted by molar-refractivity contribution is 7.19. The lowest BCUT2D eigenvalue weighted by Crippen LogP contribution is -1.90. The Morgan fingerprint density at radius 3 is 2.43 bits per heavy atom. The molecule has 0 fully saturated rings. The van der Waals surface area contributed by atoms with E-state index in [1.165, 1.54) is 16.9 Å². The van der Waals surface area contributed by atoms with E-state index >= 15 is 0 Å². The molecule has 0 atom stereocenters. The van der Waals surface area contributed by atoms with E-state index in [1.54, 1.807) is 0 Å². The number of thiophene rings is 1. The lowest BCUT2D eigenvalue weighted by atomic mass is 9.98. The summed E-state index contributed by atoms with van der Waals surface area (Å²) in [6.07, 6.45) is 0. The van der Waals surface area contributed by atoms with Gasteiger partial charge in [0.05, 0.1) is 20.5 Å². The summed E-state index contributed by atoms with van der Waals surface area (Å²) in [6.45, 7) is 4.36. The van der Waals surface area contributed by atoms with Gasteiger partial charge in [-0.15, -0.1) is 11.3 Å². The van der Waals surface area contributed by atoms with Gasteiger partial charge in [0.1, 0.15) is 0 Å². The van der Waals surface area contributed by atoms with Gasteiger partial charge in [0, 0.05) is 0 Å². The van der Waals surface area contributed by atoms with Gasteiger partial charge < -0.3 is 5.73 Å². The molecular formula is C16H16ClN3S. The monoisotopic (exact) mass is 317 g/mol. The molecule has 0 aliphatic carbocycles. The Bertz CT molecular complexity index is 756. The van der Waals surface area contributed by atoms with Gasteiger partial charge in [0.25, 0.3) is 0 Å². The van der Waals surface area contributed by atoms with Crippen LogP contribution in [0.2, 0.25) is 4.34 Å². The Morgan fingerprint density at radius 1 is 1.14 bits per heavy atom. The quantitative estimate of drug-likeness (QED) is 0.700. The summed E-state index contributed by atoms with van der Waals surface area (Å²) in [4.78, 5) is 1.03. The van der Waals surface area contributed by atoms with Crippen molar-refractivity contribution in [2.75, 3.05) is 5.73 Å². The van der Waals surface area contributed by atoms with Crippen LogP contribution < -0.4 is 5.73 Å². The molecular weight excluding hydrogens is 302 g/mol. The first-order valence-electron chi connectivity index (χ1n) is 6.76. The smallest absolute Gasteiger partial charge is 0.153 e. The third-order valence-corrected chi connectivity index (χ3v) is 4.73. The van der Waals surface area contributed by atoms with E-state index in [2.05, 4.69) is 48.3 Å². The van der Waals surface area contributed by atoms with Gasteiger partial charge in [-0.1, -0.05) is 49.7 Å². The second-order valence-corrected chi connectivity index (χ2v) is 6.95. The van der Waals surface area contributed by atoms with Gasteiger partial charge in [-0.25, -0.2) is 0 Å². The predicted octanol–water partition coefficient (Wildman–Crippen LogP) is 5.16. The molecule has 108 valence electrons. The Morgan fingerprint density at radius 2 is 1.86 bits per heavy atom. The van der Waals surface area contributed by atoms with Crippen LogP contribution in [-0.4, -0.2) is 10.2 Å². The highest BCUT2D eigenvalue weighted by Crippen LogP contribution is 2.39. The summed E-state index contributed by atoms with van der Waals surface area (Å²) >= 11 is 7.53. The van der Waals surface area contributed by atoms with E-state index in [-0.39, 0.29) is 0 Å². The molecule has 3 nitrogen and oxygen atoms in total. The van der Waals surface area contributed by atoms with E-state index in [9.17, 15) is 0 Å². The molecule has 3 N–H and O–H groups in total.